The van der Waals surface area contributed by atoms with E-state index < -0.39 is 0 Å². The van der Waals surface area contributed by atoms with Crippen LogP contribution < -0.4 is 5.32 Å². The van der Waals surface area contributed by atoms with Crippen LogP contribution in [0.4, 0.5) is 0 Å². The first-order valence-electron chi connectivity index (χ1n) is 6.15. The van der Waals surface area contributed by atoms with Crippen LogP contribution in [0.25, 0.3) is 0 Å². The van der Waals surface area contributed by atoms with Gasteiger partial charge in [0.2, 0.25) is 0 Å². The number of hydrogen-bond donors (Lipinski definition) is 2. The summed E-state index contributed by atoms with van der Waals surface area (Å²) in [6, 6.07) is 0. The molecule has 1 unspecified atom stereocenters. The molecule has 2 N–H and O–H groups in total. The maximum Gasteiger partial charge on any atom is 0.0791 e. The molecule has 1 rings (SSSR count). The maximum atomic E-state index is 9.76. The average Bonchev–Trinajstić information content (AvgIpc) is 2.86. The molecule has 1 aliphatic rings. The van der Waals surface area contributed by atoms with E-state index in [0.717, 1.165) is 25.6 Å². The van der Waals surface area contributed by atoms with Crippen molar-refractivity contribution in [2.24, 2.45) is 11.8 Å². The molecule has 0 aromatic carbocycles. The minimum absolute atomic E-state index is 0.229. The van der Waals surface area contributed by atoms with Gasteiger partial charge in [-0.05, 0) is 38.3 Å². The van der Waals surface area contributed by atoms with Crippen LogP contribution in [0.3, 0.4) is 0 Å². The van der Waals surface area contributed by atoms with Gasteiger partial charge >= 0.3 is 0 Å². The van der Waals surface area contributed by atoms with Crippen LogP contribution in [0.1, 0.15) is 26.7 Å². The highest BCUT2D eigenvalue weighted by Crippen LogP contribution is 2.29. The Kier molecular flexibility index (Phi) is 5.58. The minimum Gasteiger partial charge on any atom is -0.390 e. The number of likely N-dealkylation sites (N-methyl/N-ethyl adjacent to an activating group) is 1. The standard InChI is InChI=1S/C12H26N2O/c1-10(2)6-13-7-12(15)9-14(3)8-11-4-5-11/h10-13,15H,4-9H2,1-3H3. The highest BCUT2D eigenvalue weighted by Gasteiger charge is 2.23. The van der Waals surface area contributed by atoms with Gasteiger partial charge in [0.1, 0.15) is 0 Å². The van der Waals surface area contributed by atoms with Gasteiger partial charge < -0.3 is 15.3 Å². The van der Waals surface area contributed by atoms with Crippen molar-refractivity contribution in [1.82, 2.24) is 10.2 Å². The van der Waals surface area contributed by atoms with E-state index in [1.54, 1.807) is 0 Å². The Balaban J connectivity index is 1.98. The largest absolute Gasteiger partial charge is 0.390 e. The fraction of sp³-hybridized carbons (Fsp3) is 1.00. The van der Waals surface area contributed by atoms with Crippen molar-refractivity contribution < 1.29 is 5.11 Å². The molecule has 0 aliphatic heterocycles. The van der Waals surface area contributed by atoms with Gasteiger partial charge in [0.25, 0.3) is 0 Å². The quantitative estimate of drug-likeness (QED) is 0.631. The summed E-state index contributed by atoms with van der Waals surface area (Å²) in [6.07, 6.45) is 2.53. The van der Waals surface area contributed by atoms with Gasteiger partial charge in [-0.2, -0.15) is 0 Å². The number of aliphatic hydroxyl groups is 1. The topological polar surface area (TPSA) is 35.5 Å². The summed E-state index contributed by atoms with van der Waals surface area (Å²) in [5, 5.41) is 13.0. The zero-order valence-corrected chi connectivity index (χ0v) is 10.4. The second kappa shape index (κ2) is 6.46. The fourth-order valence-corrected chi connectivity index (χ4v) is 1.78. The fourth-order valence-electron chi connectivity index (χ4n) is 1.78. The predicted octanol–water partition coefficient (Wildman–Crippen LogP) is 0.935. The predicted molar refractivity (Wildman–Crippen MR) is 63.9 cm³/mol. The number of nitrogens with one attached hydrogen (secondary N) is 1. The Hall–Kier alpha value is -0.120. The summed E-state index contributed by atoms with van der Waals surface area (Å²) in [5.41, 5.74) is 0. The lowest BCUT2D eigenvalue weighted by Gasteiger charge is -2.21. The lowest BCUT2D eigenvalue weighted by Crippen LogP contribution is -2.38. The van der Waals surface area contributed by atoms with Crippen molar-refractivity contribution in [2.45, 2.75) is 32.8 Å². The molecule has 0 aromatic heterocycles. The monoisotopic (exact) mass is 214 g/mol. The van der Waals surface area contributed by atoms with Crippen LogP contribution in [0, 0.1) is 11.8 Å². The molecular weight excluding hydrogens is 188 g/mol. The molecule has 1 saturated carbocycles. The lowest BCUT2D eigenvalue weighted by atomic mass is 10.2. The summed E-state index contributed by atoms with van der Waals surface area (Å²) in [4.78, 5) is 2.25. The molecule has 90 valence electrons. The average molecular weight is 214 g/mol. The van der Waals surface area contributed by atoms with Crippen LogP contribution >= 0.6 is 0 Å². The van der Waals surface area contributed by atoms with Crippen molar-refractivity contribution in [2.75, 3.05) is 33.2 Å². The van der Waals surface area contributed by atoms with Gasteiger partial charge in [-0.3, -0.25) is 0 Å². The third-order valence-corrected chi connectivity index (χ3v) is 2.72. The number of hydrogen-bond acceptors (Lipinski definition) is 3. The molecule has 0 saturated heterocycles. The van der Waals surface area contributed by atoms with Crippen LogP contribution in [0.2, 0.25) is 0 Å². The van der Waals surface area contributed by atoms with E-state index in [1.807, 2.05) is 0 Å². The summed E-state index contributed by atoms with van der Waals surface area (Å²) in [7, 11) is 2.10. The van der Waals surface area contributed by atoms with Crippen LogP contribution in [0.15, 0.2) is 0 Å². The van der Waals surface area contributed by atoms with E-state index in [1.165, 1.54) is 12.8 Å². The second-order valence-corrected chi connectivity index (χ2v) is 5.37. The van der Waals surface area contributed by atoms with Crippen LogP contribution in [-0.4, -0.2) is 49.3 Å². The Morgan fingerprint density at radius 3 is 2.53 bits per heavy atom. The molecule has 3 nitrogen and oxygen atoms in total. The maximum absolute atomic E-state index is 9.76. The Labute approximate surface area is 93.9 Å². The smallest absolute Gasteiger partial charge is 0.0791 e. The third-order valence-electron chi connectivity index (χ3n) is 2.72. The summed E-state index contributed by atoms with van der Waals surface area (Å²) in [6.45, 7) is 8.01. The molecule has 15 heavy (non-hydrogen) atoms. The summed E-state index contributed by atoms with van der Waals surface area (Å²) < 4.78 is 0. The molecule has 1 fully saturated rings. The van der Waals surface area contributed by atoms with Gasteiger partial charge in [-0.1, -0.05) is 13.8 Å². The Morgan fingerprint density at radius 2 is 2.00 bits per heavy atom. The van der Waals surface area contributed by atoms with Crippen molar-refractivity contribution >= 4 is 0 Å². The number of aliphatic hydroxyl groups excluding tert-OH is 1. The first-order chi connectivity index (χ1) is 7.08. The van der Waals surface area contributed by atoms with Gasteiger partial charge in [-0.15, -0.1) is 0 Å². The molecule has 0 aromatic rings. The van der Waals surface area contributed by atoms with Gasteiger partial charge in [0.05, 0.1) is 6.10 Å². The Bertz CT molecular complexity index is 169. The third kappa shape index (κ3) is 6.88. The van der Waals surface area contributed by atoms with E-state index in [2.05, 4.69) is 31.1 Å². The van der Waals surface area contributed by atoms with Crippen molar-refractivity contribution in [1.29, 1.82) is 0 Å². The van der Waals surface area contributed by atoms with Crippen molar-refractivity contribution in [3.05, 3.63) is 0 Å². The van der Waals surface area contributed by atoms with Crippen molar-refractivity contribution in [3.8, 4) is 0 Å². The SMILES string of the molecule is CC(C)CNCC(O)CN(C)CC1CC1. The summed E-state index contributed by atoms with van der Waals surface area (Å²) in [5.74, 6) is 1.56. The molecule has 0 radical (unpaired) electrons. The highest BCUT2D eigenvalue weighted by molar-refractivity contribution is 4.77. The molecule has 1 atom stereocenters. The zero-order valence-electron chi connectivity index (χ0n) is 10.4. The zero-order chi connectivity index (χ0) is 11.3. The minimum atomic E-state index is -0.229. The van der Waals surface area contributed by atoms with Crippen LogP contribution in [0.5, 0.6) is 0 Å². The molecule has 1 aliphatic carbocycles. The van der Waals surface area contributed by atoms with Gasteiger partial charge in [0.15, 0.2) is 0 Å². The first kappa shape index (κ1) is 12.9. The van der Waals surface area contributed by atoms with E-state index in [4.69, 9.17) is 0 Å². The number of rotatable bonds is 8. The van der Waals surface area contributed by atoms with Crippen LogP contribution in [-0.2, 0) is 0 Å². The highest BCUT2D eigenvalue weighted by atomic mass is 16.3. The van der Waals surface area contributed by atoms with Crippen molar-refractivity contribution in [3.63, 3.8) is 0 Å². The summed E-state index contributed by atoms with van der Waals surface area (Å²) >= 11 is 0. The van der Waals surface area contributed by atoms with E-state index >= 15 is 0 Å². The van der Waals surface area contributed by atoms with Gasteiger partial charge in [0, 0.05) is 19.6 Å². The molecular formula is C12H26N2O. The van der Waals surface area contributed by atoms with E-state index in [-0.39, 0.29) is 6.10 Å². The molecule has 0 amide bonds. The lowest BCUT2D eigenvalue weighted by molar-refractivity contribution is 0.121. The first-order valence-corrected chi connectivity index (χ1v) is 6.15. The second-order valence-electron chi connectivity index (χ2n) is 5.37. The number of nitrogens with zero attached hydrogens (tertiary/aromatic N) is 1. The van der Waals surface area contributed by atoms with E-state index in [9.17, 15) is 5.11 Å². The molecule has 0 bridgehead atoms. The normalized spacial score (nSPS) is 18.8. The molecule has 3 heteroatoms. The Morgan fingerprint density at radius 1 is 1.33 bits per heavy atom. The molecule has 0 spiro atoms. The van der Waals surface area contributed by atoms with Gasteiger partial charge in [-0.25, -0.2) is 0 Å². The molecule has 0 heterocycles. The van der Waals surface area contributed by atoms with E-state index in [0.29, 0.717) is 12.5 Å².